The minimum atomic E-state index is 0.0530. The van der Waals surface area contributed by atoms with Crippen LogP contribution in [0.25, 0.3) is 0 Å². The molecule has 0 aromatic rings. The lowest BCUT2D eigenvalue weighted by atomic mass is 9.45. The predicted octanol–water partition coefficient (Wildman–Crippen LogP) is 6.07. The maximum atomic E-state index is 7.57. The molecule has 2 bridgehead atoms. The molecule has 4 heteroatoms. The summed E-state index contributed by atoms with van der Waals surface area (Å²) in [7, 11) is 0. The quantitative estimate of drug-likeness (QED) is 0.341. The van der Waals surface area contributed by atoms with Gasteiger partial charge in [0.15, 0.2) is 0 Å². The van der Waals surface area contributed by atoms with E-state index in [0.29, 0.717) is 5.41 Å². The Morgan fingerprint density at radius 3 is 2.09 bits per heavy atom. The topological polar surface area (TPSA) is 61.5 Å². The number of nitrogens with zero attached hydrogens (tertiary/aromatic N) is 1. The zero-order valence-electron chi connectivity index (χ0n) is 23.6. The second-order valence-electron chi connectivity index (χ2n) is 12.3. The van der Waals surface area contributed by atoms with E-state index in [-0.39, 0.29) is 12.1 Å². The number of aliphatic hydroxyl groups excluding tert-OH is 1. The van der Waals surface area contributed by atoms with Gasteiger partial charge in [0.05, 0.1) is 0 Å². The molecule has 4 fully saturated rings. The minimum absolute atomic E-state index is 0.0530. The van der Waals surface area contributed by atoms with E-state index in [1.807, 2.05) is 0 Å². The lowest BCUT2D eigenvalue weighted by Gasteiger charge is -2.60. The van der Waals surface area contributed by atoms with E-state index in [0.717, 1.165) is 30.2 Å². The number of nitrogens with one attached hydrogen (secondary N) is 1. The lowest BCUT2D eigenvalue weighted by Crippen LogP contribution is -2.54. The van der Waals surface area contributed by atoms with Crippen molar-refractivity contribution in [2.45, 2.75) is 118 Å². The highest BCUT2D eigenvalue weighted by atomic mass is 16.2. The van der Waals surface area contributed by atoms with Gasteiger partial charge in [-0.2, -0.15) is 0 Å². The van der Waals surface area contributed by atoms with Crippen LogP contribution in [0, 0.1) is 29.1 Å². The van der Waals surface area contributed by atoms with Crippen molar-refractivity contribution in [2.24, 2.45) is 34.8 Å². The molecule has 33 heavy (non-hydrogen) atoms. The summed E-state index contributed by atoms with van der Waals surface area (Å²) < 4.78 is 0. The van der Waals surface area contributed by atoms with Crippen molar-refractivity contribution in [3.63, 3.8) is 0 Å². The highest BCUT2D eigenvalue weighted by Gasteiger charge is 2.53. The van der Waals surface area contributed by atoms with Gasteiger partial charge in [-0.05, 0) is 102 Å². The highest BCUT2D eigenvalue weighted by Crippen LogP contribution is 2.61. The van der Waals surface area contributed by atoms with Crippen molar-refractivity contribution in [3.8, 4) is 0 Å². The molecule has 0 amide bonds. The first-order chi connectivity index (χ1) is 15.6. The molecule has 0 aliphatic heterocycles. The summed E-state index contributed by atoms with van der Waals surface area (Å²) >= 11 is 0. The molecule has 4 nitrogen and oxygen atoms in total. The van der Waals surface area contributed by atoms with Crippen molar-refractivity contribution < 1.29 is 5.11 Å². The number of hydrogen-bond acceptors (Lipinski definition) is 4. The summed E-state index contributed by atoms with van der Waals surface area (Å²) in [6.45, 7) is 21.7. The van der Waals surface area contributed by atoms with Crippen LogP contribution in [0.15, 0.2) is 0 Å². The molecular weight excluding hydrogens is 406 g/mol. The van der Waals surface area contributed by atoms with Crippen LogP contribution in [-0.4, -0.2) is 54.9 Å². The molecule has 0 heterocycles. The van der Waals surface area contributed by atoms with Gasteiger partial charge in [0.25, 0.3) is 0 Å². The van der Waals surface area contributed by atoms with Crippen LogP contribution in [0.4, 0.5) is 0 Å². The van der Waals surface area contributed by atoms with Crippen LogP contribution in [0.3, 0.4) is 0 Å². The Morgan fingerprint density at radius 1 is 1.00 bits per heavy atom. The number of rotatable bonds is 10. The van der Waals surface area contributed by atoms with Crippen LogP contribution < -0.4 is 11.1 Å². The van der Waals surface area contributed by atoms with Crippen molar-refractivity contribution >= 4 is 0 Å². The van der Waals surface area contributed by atoms with Gasteiger partial charge in [0.2, 0.25) is 0 Å². The van der Waals surface area contributed by atoms with E-state index in [9.17, 15) is 0 Å². The zero-order chi connectivity index (χ0) is 24.9. The number of aliphatic hydroxyl groups is 1. The maximum Gasteiger partial charge on any atom is 0.0402 e. The van der Waals surface area contributed by atoms with Gasteiger partial charge in [0.1, 0.15) is 0 Å². The second kappa shape index (κ2) is 15.8. The largest absolute Gasteiger partial charge is 0.397 e. The zero-order valence-corrected chi connectivity index (χ0v) is 23.6. The molecule has 3 unspecified atom stereocenters. The first-order valence-electron chi connectivity index (χ1n) is 14.4. The predicted molar refractivity (Wildman–Crippen MR) is 146 cm³/mol. The van der Waals surface area contributed by atoms with Crippen LogP contribution in [-0.2, 0) is 0 Å². The average Bonchev–Trinajstić information content (AvgIpc) is 2.79. The number of likely N-dealkylation sites (N-methyl/N-ethyl adjacent to an activating group) is 1. The van der Waals surface area contributed by atoms with Crippen molar-refractivity contribution in [2.75, 3.05) is 39.3 Å². The molecule has 4 aliphatic rings. The second-order valence-corrected chi connectivity index (χ2v) is 12.3. The Morgan fingerprint density at radius 2 is 1.61 bits per heavy atom. The smallest absolute Gasteiger partial charge is 0.0402 e. The van der Waals surface area contributed by atoms with Gasteiger partial charge in [-0.25, -0.2) is 0 Å². The van der Waals surface area contributed by atoms with E-state index < -0.39 is 0 Å². The van der Waals surface area contributed by atoms with Gasteiger partial charge in [0, 0.05) is 25.2 Å². The van der Waals surface area contributed by atoms with Crippen LogP contribution in [0.2, 0.25) is 0 Å². The average molecular weight is 468 g/mol. The van der Waals surface area contributed by atoms with Crippen LogP contribution >= 0.6 is 0 Å². The summed E-state index contributed by atoms with van der Waals surface area (Å²) in [6, 6.07) is 0. The Kier molecular flexibility index (Phi) is 14.7. The summed E-state index contributed by atoms with van der Waals surface area (Å²) in [5.74, 6) is 3.97. The molecule has 198 valence electrons. The third-order valence-electron chi connectivity index (χ3n) is 8.83. The molecule has 0 radical (unpaired) electrons. The van der Waals surface area contributed by atoms with Crippen LogP contribution in [0.5, 0.6) is 0 Å². The Balaban J connectivity index is 0.000000314. The molecule has 4 rings (SSSR count). The highest BCUT2D eigenvalue weighted by molar-refractivity contribution is 5.03. The summed E-state index contributed by atoms with van der Waals surface area (Å²) in [4.78, 5) is 2.50. The fraction of sp³-hybridized carbons (Fsp3) is 1.00. The molecule has 0 spiro atoms. The molecule has 4 aliphatic carbocycles. The summed E-state index contributed by atoms with van der Waals surface area (Å²) in [5.41, 5.74) is 6.65. The van der Waals surface area contributed by atoms with Crippen molar-refractivity contribution in [3.05, 3.63) is 0 Å². The van der Waals surface area contributed by atoms with Gasteiger partial charge in [-0.15, -0.1) is 0 Å². The fourth-order valence-electron chi connectivity index (χ4n) is 6.32. The fourth-order valence-corrected chi connectivity index (χ4v) is 6.32. The third kappa shape index (κ3) is 11.4. The Bertz CT molecular complexity index is 476. The third-order valence-corrected chi connectivity index (χ3v) is 8.83. The Hall–Kier alpha value is -0.160. The van der Waals surface area contributed by atoms with E-state index >= 15 is 0 Å². The van der Waals surface area contributed by atoms with Crippen molar-refractivity contribution in [1.82, 2.24) is 10.2 Å². The molecule has 4 N–H and O–H groups in total. The Labute approximate surface area is 207 Å². The van der Waals surface area contributed by atoms with Gasteiger partial charge < -0.3 is 21.1 Å². The first kappa shape index (κ1) is 30.9. The molecule has 0 saturated heterocycles. The normalized spacial score (nSPS) is 26.5. The number of nitrogens with two attached hydrogens (primary N) is 1. The monoisotopic (exact) mass is 467 g/mol. The summed E-state index contributed by atoms with van der Waals surface area (Å²) in [5, 5.41) is 11.3. The van der Waals surface area contributed by atoms with Crippen LogP contribution in [0.1, 0.15) is 113 Å². The molecule has 0 aromatic carbocycles. The van der Waals surface area contributed by atoms with E-state index in [2.05, 4.69) is 51.8 Å². The van der Waals surface area contributed by atoms with Gasteiger partial charge >= 0.3 is 0 Å². The maximum absolute atomic E-state index is 7.57. The van der Waals surface area contributed by atoms with E-state index in [1.165, 1.54) is 90.4 Å². The van der Waals surface area contributed by atoms with E-state index in [1.54, 1.807) is 6.92 Å². The number of fused-ring (bicyclic) bond motifs is 2. The lowest BCUT2D eigenvalue weighted by molar-refractivity contribution is -0.103. The molecular formula is C29H61N3O. The summed E-state index contributed by atoms with van der Waals surface area (Å²) in [6.07, 6.45) is 14.3. The SMILES string of the molecule is CC(C)(N)CCC1CCCCC1.CCN(CC)CCNCC1CCC2CC1C2(C)C.CCO. The van der Waals surface area contributed by atoms with Gasteiger partial charge in [-0.3, -0.25) is 0 Å². The van der Waals surface area contributed by atoms with E-state index in [4.69, 9.17) is 10.8 Å². The molecule has 0 aromatic heterocycles. The van der Waals surface area contributed by atoms with Crippen molar-refractivity contribution in [1.29, 1.82) is 0 Å². The molecule has 3 atom stereocenters. The van der Waals surface area contributed by atoms with Gasteiger partial charge in [-0.1, -0.05) is 59.8 Å². The number of hydrogen-bond donors (Lipinski definition) is 3. The molecule has 4 saturated carbocycles. The first-order valence-corrected chi connectivity index (χ1v) is 14.4. The standard InChI is InChI=1S/C16H32N2.C11H23N.C2H6O/c1-5-18(6-2)10-9-17-12-13-7-8-14-11-15(13)16(14,3)4;1-11(2,12)9-8-10-6-4-3-5-7-10;1-2-3/h13-15,17H,5-12H2,1-4H3;10H,3-9,12H2,1-2H3;3H,2H2,1H3. The minimum Gasteiger partial charge on any atom is -0.397 e.